The Morgan fingerprint density at radius 2 is 2.00 bits per heavy atom. The van der Waals surface area contributed by atoms with Crippen LogP contribution in [0.5, 0.6) is 5.75 Å². The molecule has 2 amide bonds. The first-order valence-electron chi connectivity index (χ1n) is 8.18. The number of cyclic esters (lactones) is 1. The minimum absolute atomic E-state index is 0.0178. The zero-order chi connectivity index (χ0) is 17.1. The smallest absolute Gasteiger partial charge is 0.410 e. The van der Waals surface area contributed by atoms with Gasteiger partial charge in [-0.2, -0.15) is 0 Å². The van der Waals surface area contributed by atoms with Crippen LogP contribution in [0, 0.1) is 0 Å². The molecule has 2 aliphatic heterocycles. The third-order valence-corrected chi connectivity index (χ3v) is 4.56. The van der Waals surface area contributed by atoms with Crippen molar-refractivity contribution in [3.63, 3.8) is 0 Å². The first-order chi connectivity index (χ1) is 11.6. The first-order valence-corrected chi connectivity index (χ1v) is 8.18. The van der Waals surface area contributed by atoms with E-state index in [1.807, 2.05) is 36.1 Å². The van der Waals surface area contributed by atoms with Gasteiger partial charge in [0.1, 0.15) is 18.9 Å². The molecule has 7 nitrogen and oxygen atoms in total. The molecule has 0 aliphatic carbocycles. The summed E-state index contributed by atoms with van der Waals surface area (Å²) < 4.78 is 10.1. The van der Waals surface area contributed by atoms with Gasteiger partial charge in [0.05, 0.1) is 13.7 Å². The summed E-state index contributed by atoms with van der Waals surface area (Å²) in [4.78, 5) is 29.5. The predicted molar refractivity (Wildman–Crippen MR) is 89.3 cm³/mol. The molecule has 2 fully saturated rings. The Morgan fingerprint density at radius 3 is 2.58 bits per heavy atom. The summed E-state index contributed by atoms with van der Waals surface area (Å²) in [7, 11) is 1.65. The molecule has 0 N–H and O–H groups in total. The molecule has 2 aliphatic rings. The number of amides is 2. The molecule has 7 heteroatoms. The average molecular weight is 333 g/mol. The fraction of sp³-hybridized carbons (Fsp3) is 0.529. The third kappa shape index (κ3) is 3.39. The number of benzene rings is 1. The molecule has 3 rings (SSSR count). The molecular formula is C17H23N3O4. The molecule has 0 saturated carbocycles. The molecule has 0 spiro atoms. The Hall–Kier alpha value is -2.44. The Labute approximate surface area is 141 Å². The molecule has 2 heterocycles. The first kappa shape index (κ1) is 16.4. The van der Waals surface area contributed by atoms with E-state index < -0.39 is 6.09 Å². The second-order valence-electron chi connectivity index (χ2n) is 6.12. The van der Waals surface area contributed by atoms with Gasteiger partial charge in [-0.1, -0.05) is 0 Å². The van der Waals surface area contributed by atoms with Crippen LogP contribution in [-0.2, 0) is 9.53 Å². The number of carbonyl (C=O) groups is 2. The van der Waals surface area contributed by atoms with Gasteiger partial charge in [0.25, 0.3) is 0 Å². The fourth-order valence-corrected chi connectivity index (χ4v) is 3.18. The molecule has 0 radical (unpaired) electrons. The standard InChI is InChI=1S/C17H23N3O4/c1-13-11-18(14-3-5-15(23-2)6-4-14)7-8-20(13)16(21)12-19-9-10-24-17(19)22/h3-6,13H,7-12H2,1-2H3. The van der Waals surface area contributed by atoms with Crippen LogP contribution in [0.3, 0.4) is 0 Å². The molecule has 1 atom stereocenters. The number of methoxy groups -OCH3 is 1. The zero-order valence-electron chi connectivity index (χ0n) is 14.1. The van der Waals surface area contributed by atoms with E-state index in [1.165, 1.54) is 4.90 Å². The minimum atomic E-state index is -0.395. The zero-order valence-corrected chi connectivity index (χ0v) is 14.1. The van der Waals surface area contributed by atoms with Crippen LogP contribution < -0.4 is 9.64 Å². The molecule has 24 heavy (non-hydrogen) atoms. The van der Waals surface area contributed by atoms with Crippen LogP contribution in [0.2, 0.25) is 0 Å². The van der Waals surface area contributed by atoms with Crippen molar-refractivity contribution in [2.45, 2.75) is 13.0 Å². The van der Waals surface area contributed by atoms with E-state index in [0.717, 1.165) is 24.5 Å². The number of hydrogen-bond acceptors (Lipinski definition) is 5. The third-order valence-electron chi connectivity index (χ3n) is 4.56. The van der Waals surface area contributed by atoms with Crippen LogP contribution >= 0.6 is 0 Å². The van der Waals surface area contributed by atoms with Crippen molar-refractivity contribution in [3.8, 4) is 5.75 Å². The molecule has 1 unspecified atom stereocenters. The summed E-state index contributed by atoms with van der Waals surface area (Å²) in [6.07, 6.45) is -0.395. The molecule has 2 saturated heterocycles. The van der Waals surface area contributed by atoms with E-state index in [9.17, 15) is 9.59 Å². The molecule has 130 valence electrons. The van der Waals surface area contributed by atoms with Gasteiger partial charge >= 0.3 is 6.09 Å². The van der Waals surface area contributed by atoms with Gasteiger partial charge in [-0.15, -0.1) is 0 Å². The monoisotopic (exact) mass is 333 g/mol. The van der Waals surface area contributed by atoms with Crippen molar-refractivity contribution in [3.05, 3.63) is 24.3 Å². The second-order valence-corrected chi connectivity index (χ2v) is 6.12. The fourth-order valence-electron chi connectivity index (χ4n) is 3.18. The maximum absolute atomic E-state index is 12.5. The number of nitrogens with zero attached hydrogens (tertiary/aromatic N) is 3. The van der Waals surface area contributed by atoms with Gasteiger partial charge < -0.3 is 19.3 Å². The van der Waals surface area contributed by atoms with Gasteiger partial charge in [-0.25, -0.2) is 4.79 Å². The van der Waals surface area contributed by atoms with Gasteiger partial charge in [-0.05, 0) is 31.2 Å². The number of carbonyl (C=O) groups excluding carboxylic acids is 2. The number of piperazine rings is 1. The Kier molecular flexibility index (Phi) is 4.78. The van der Waals surface area contributed by atoms with Crippen LogP contribution in [0.1, 0.15) is 6.92 Å². The van der Waals surface area contributed by atoms with Crippen LogP contribution in [-0.4, -0.2) is 74.3 Å². The average Bonchev–Trinajstić information content (AvgIpc) is 2.99. The van der Waals surface area contributed by atoms with Gasteiger partial charge in [0.15, 0.2) is 0 Å². The highest BCUT2D eigenvalue weighted by Gasteiger charge is 2.31. The highest BCUT2D eigenvalue weighted by molar-refractivity contribution is 5.83. The van der Waals surface area contributed by atoms with Crippen molar-refractivity contribution in [2.24, 2.45) is 0 Å². The lowest BCUT2D eigenvalue weighted by molar-refractivity contribution is -0.134. The number of ether oxygens (including phenoxy) is 2. The van der Waals surface area contributed by atoms with E-state index in [-0.39, 0.29) is 18.5 Å². The maximum atomic E-state index is 12.5. The molecule has 0 aromatic heterocycles. The number of hydrogen-bond donors (Lipinski definition) is 0. The molecule has 1 aromatic carbocycles. The topological polar surface area (TPSA) is 62.3 Å². The maximum Gasteiger partial charge on any atom is 0.410 e. The van der Waals surface area contributed by atoms with Crippen molar-refractivity contribution in [1.82, 2.24) is 9.80 Å². The van der Waals surface area contributed by atoms with Crippen molar-refractivity contribution >= 4 is 17.7 Å². The quantitative estimate of drug-likeness (QED) is 0.828. The summed E-state index contributed by atoms with van der Waals surface area (Å²) in [6.45, 7) is 5.18. The van der Waals surface area contributed by atoms with E-state index >= 15 is 0 Å². The minimum Gasteiger partial charge on any atom is -0.497 e. The van der Waals surface area contributed by atoms with Crippen LogP contribution in [0.15, 0.2) is 24.3 Å². The van der Waals surface area contributed by atoms with E-state index in [4.69, 9.17) is 9.47 Å². The second kappa shape index (κ2) is 6.98. The lowest BCUT2D eigenvalue weighted by atomic mass is 10.1. The van der Waals surface area contributed by atoms with Crippen molar-refractivity contribution < 1.29 is 19.1 Å². The predicted octanol–water partition coefficient (Wildman–Crippen LogP) is 1.18. The Balaban J connectivity index is 1.58. The number of anilines is 1. The molecule has 1 aromatic rings. The van der Waals surface area contributed by atoms with Gasteiger partial charge in [0, 0.05) is 31.4 Å². The summed E-state index contributed by atoms with van der Waals surface area (Å²) in [6, 6.07) is 8.03. The van der Waals surface area contributed by atoms with Gasteiger partial charge in [0.2, 0.25) is 5.91 Å². The Bertz CT molecular complexity index is 604. The van der Waals surface area contributed by atoms with E-state index in [1.54, 1.807) is 7.11 Å². The lowest BCUT2D eigenvalue weighted by Gasteiger charge is -2.41. The van der Waals surface area contributed by atoms with E-state index in [0.29, 0.717) is 19.7 Å². The summed E-state index contributed by atoms with van der Waals surface area (Å²) >= 11 is 0. The SMILES string of the molecule is COc1ccc(N2CCN(C(=O)CN3CCOC3=O)C(C)C2)cc1. The van der Waals surface area contributed by atoms with Gasteiger partial charge in [-0.3, -0.25) is 9.69 Å². The van der Waals surface area contributed by atoms with Crippen LogP contribution in [0.25, 0.3) is 0 Å². The highest BCUT2D eigenvalue weighted by Crippen LogP contribution is 2.22. The molecule has 0 bridgehead atoms. The summed E-state index contributed by atoms with van der Waals surface area (Å²) in [5.41, 5.74) is 1.12. The normalized spacial score (nSPS) is 21.0. The number of rotatable bonds is 4. The highest BCUT2D eigenvalue weighted by atomic mass is 16.6. The Morgan fingerprint density at radius 1 is 1.25 bits per heavy atom. The summed E-state index contributed by atoms with van der Waals surface area (Å²) in [5, 5.41) is 0. The largest absolute Gasteiger partial charge is 0.497 e. The van der Waals surface area contributed by atoms with Crippen LogP contribution in [0.4, 0.5) is 10.5 Å². The summed E-state index contributed by atoms with van der Waals surface area (Å²) in [5.74, 6) is 0.814. The van der Waals surface area contributed by atoms with Crippen molar-refractivity contribution in [1.29, 1.82) is 0 Å². The van der Waals surface area contributed by atoms with Crippen molar-refractivity contribution in [2.75, 3.05) is 51.3 Å². The lowest BCUT2D eigenvalue weighted by Crippen LogP contribution is -2.56. The molecular weight excluding hydrogens is 310 g/mol. The van der Waals surface area contributed by atoms with E-state index in [2.05, 4.69) is 4.90 Å².